The van der Waals surface area contributed by atoms with Crippen molar-refractivity contribution in [2.45, 2.75) is 6.92 Å². The van der Waals surface area contributed by atoms with Crippen LogP contribution < -0.4 is 4.90 Å². The Morgan fingerprint density at radius 2 is 1.61 bits per heavy atom. The minimum Gasteiger partial charge on any atom is -0.268 e. The minimum atomic E-state index is -0.378. The van der Waals surface area contributed by atoms with Crippen LogP contribution in [0.2, 0.25) is 0 Å². The van der Waals surface area contributed by atoms with Crippen LogP contribution in [0.4, 0.5) is 5.69 Å². The van der Waals surface area contributed by atoms with Crippen LogP contribution >= 0.6 is 0 Å². The topological polar surface area (TPSA) is 61.2 Å². The summed E-state index contributed by atoms with van der Waals surface area (Å²) in [5.74, 6) is -0.717. The predicted octanol–water partition coefficient (Wildman–Crippen LogP) is 4.59. The Bertz CT molecular complexity index is 1180. The second-order valence-corrected chi connectivity index (χ2v) is 6.63. The standard InChI is InChI=1S/C24H16N2O2/c1-16-6-4-9-19(12-16)26-23(27)21-11-3-2-10-20(21)22(24(26)28)14-17-7-5-8-18(13-17)15-25/h2-14H,1H3/b22-14-. The maximum atomic E-state index is 13.3. The van der Waals surface area contributed by atoms with Gasteiger partial charge in [0.25, 0.3) is 11.8 Å². The van der Waals surface area contributed by atoms with Gasteiger partial charge in [-0.2, -0.15) is 5.26 Å². The molecule has 134 valence electrons. The quantitative estimate of drug-likeness (QED) is 0.493. The lowest BCUT2D eigenvalue weighted by atomic mass is 9.91. The number of amides is 2. The van der Waals surface area contributed by atoms with Gasteiger partial charge in [0.05, 0.1) is 17.3 Å². The van der Waals surface area contributed by atoms with Crippen molar-refractivity contribution in [2.75, 3.05) is 4.90 Å². The summed E-state index contributed by atoms with van der Waals surface area (Å²) in [6, 6.07) is 23.5. The minimum absolute atomic E-state index is 0.339. The average molecular weight is 364 g/mol. The molecule has 4 heteroatoms. The van der Waals surface area contributed by atoms with E-state index in [2.05, 4.69) is 6.07 Å². The molecule has 0 unspecified atom stereocenters. The van der Waals surface area contributed by atoms with Crippen LogP contribution in [0.3, 0.4) is 0 Å². The fraction of sp³-hybridized carbons (Fsp3) is 0.0417. The number of imide groups is 1. The summed E-state index contributed by atoms with van der Waals surface area (Å²) in [5.41, 5.74) is 4.25. The van der Waals surface area contributed by atoms with Gasteiger partial charge in [0.15, 0.2) is 0 Å². The molecule has 0 aliphatic carbocycles. The number of hydrogen-bond donors (Lipinski definition) is 0. The first-order valence-electron chi connectivity index (χ1n) is 8.85. The lowest BCUT2D eigenvalue weighted by molar-refractivity contribution is -0.112. The van der Waals surface area contributed by atoms with Gasteiger partial charge in [-0.1, -0.05) is 42.5 Å². The van der Waals surface area contributed by atoms with Gasteiger partial charge < -0.3 is 0 Å². The number of nitrogens with zero attached hydrogens (tertiary/aromatic N) is 2. The van der Waals surface area contributed by atoms with Gasteiger partial charge >= 0.3 is 0 Å². The Morgan fingerprint density at radius 1 is 0.857 bits per heavy atom. The van der Waals surface area contributed by atoms with Crippen LogP contribution in [0.1, 0.15) is 32.6 Å². The van der Waals surface area contributed by atoms with E-state index < -0.39 is 0 Å². The second kappa shape index (κ2) is 6.98. The normalized spacial score (nSPS) is 14.7. The number of benzene rings is 3. The number of fused-ring (bicyclic) bond motifs is 1. The van der Waals surface area contributed by atoms with Crippen molar-refractivity contribution in [3.63, 3.8) is 0 Å². The van der Waals surface area contributed by atoms with Crippen molar-refractivity contribution in [3.05, 3.63) is 101 Å². The number of aryl methyl sites for hydroxylation is 1. The Kier molecular flexibility index (Phi) is 4.35. The monoisotopic (exact) mass is 364 g/mol. The lowest BCUT2D eigenvalue weighted by Gasteiger charge is -2.29. The fourth-order valence-corrected chi connectivity index (χ4v) is 3.36. The molecule has 0 saturated heterocycles. The van der Waals surface area contributed by atoms with Crippen LogP contribution in [0.15, 0.2) is 72.8 Å². The van der Waals surface area contributed by atoms with E-state index in [1.165, 1.54) is 4.90 Å². The zero-order valence-corrected chi connectivity index (χ0v) is 15.2. The lowest BCUT2D eigenvalue weighted by Crippen LogP contribution is -2.41. The highest BCUT2D eigenvalue weighted by Crippen LogP contribution is 2.33. The van der Waals surface area contributed by atoms with Gasteiger partial charge in [0.1, 0.15) is 0 Å². The molecular weight excluding hydrogens is 348 g/mol. The summed E-state index contributed by atoms with van der Waals surface area (Å²) in [7, 11) is 0. The third-order valence-electron chi connectivity index (χ3n) is 4.67. The molecule has 0 aromatic heterocycles. The molecule has 0 radical (unpaired) electrons. The van der Waals surface area contributed by atoms with Crippen molar-refractivity contribution >= 4 is 29.2 Å². The molecular formula is C24H16N2O2. The fourth-order valence-electron chi connectivity index (χ4n) is 3.36. The molecule has 0 saturated carbocycles. The summed E-state index contributed by atoms with van der Waals surface area (Å²) in [4.78, 5) is 27.6. The molecule has 3 aromatic carbocycles. The van der Waals surface area contributed by atoms with Crippen LogP contribution in [0.25, 0.3) is 11.6 Å². The van der Waals surface area contributed by atoms with Crippen molar-refractivity contribution < 1.29 is 9.59 Å². The van der Waals surface area contributed by atoms with E-state index in [9.17, 15) is 9.59 Å². The third kappa shape index (κ3) is 3.00. The smallest absolute Gasteiger partial charge is 0.265 e. The van der Waals surface area contributed by atoms with Crippen LogP contribution in [-0.2, 0) is 4.79 Å². The molecule has 4 rings (SSSR count). The van der Waals surface area contributed by atoms with Gasteiger partial charge in [0.2, 0.25) is 0 Å². The van der Waals surface area contributed by atoms with E-state index >= 15 is 0 Å². The highest BCUT2D eigenvalue weighted by molar-refractivity contribution is 6.43. The predicted molar refractivity (Wildman–Crippen MR) is 108 cm³/mol. The third-order valence-corrected chi connectivity index (χ3v) is 4.67. The Morgan fingerprint density at radius 3 is 2.36 bits per heavy atom. The highest BCUT2D eigenvalue weighted by Gasteiger charge is 2.35. The zero-order chi connectivity index (χ0) is 19.7. The number of carbonyl (C=O) groups excluding carboxylic acids is 2. The van der Waals surface area contributed by atoms with Crippen molar-refractivity contribution in [3.8, 4) is 6.07 Å². The maximum Gasteiger partial charge on any atom is 0.265 e. The molecule has 0 atom stereocenters. The summed E-state index contributed by atoms with van der Waals surface area (Å²) >= 11 is 0. The van der Waals surface area contributed by atoms with Gasteiger partial charge in [-0.05, 0) is 60.0 Å². The number of anilines is 1. The first-order valence-corrected chi connectivity index (χ1v) is 8.85. The number of rotatable bonds is 2. The largest absolute Gasteiger partial charge is 0.268 e. The van der Waals surface area contributed by atoms with Gasteiger partial charge in [-0.15, -0.1) is 0 Å². The number of carbonyl (C=O) groups is 2. The Hall–Kier alpha value is -3.97. The summed E-state index contributed by atoms with van der Waals surface area (Å²) in [6.45, 7) is 1.92. The average Bonchev–Trinajstić information content (AvgIpc) is 2.71. The van der Waals surface area contributed by atoms with Crippen molar-refractivity contribution in [1.29, 1.82) is 5.26 Å². The van der Waals surface area contributed by atoms with Gasteiger partial charge in [-0.3, -0.25) is 9.59 Å². The van der Waals surface area contributed by atoms with E-state index in [4.69, 9.17) is 5.26 Å². The Labute approximate surface area is 163 Å². The Balaban J connectivity index is 1.91. The molecule has 1 heterocycles. The van der Waals surface area contributed by atoms with Gasteiger partial charge in [-0.25, -0.2) is 4.90 Å². The molecule has 0 spiro atoms. The van der Waals surface area contributed by atoms with E-state index in [1.54, 1.807) is 54.6 Å². The van der Waals surface area contributed by atoms with Crippen LogP contribution in [0, 0.1) is 18.3 Å². The molecule has 3 aromatic rings. The van der Waals surface area contributed by atoms with E-state index in [1.807, 2.05) is 31.2 Å². The van der Waals surface area contributed by atoms with Crippen molar-refractivity contribution in [1.82, 2.24) is 0 Å². The molecule has 0 N–H and O–H groups in total. The van der Waals surface area contributed by atoms with E-state index in [0.717, 1.165) is 11.1 Å². The molecule has 1 aliphatic heterocycles. The molecule has 0 bridgehead atoms. The highest BCUT2D eigenvalue weighted by atomic mass is 16.2. The summed E-state index contributed by atoms with van der Waals surface area (Å²) in [6.07, 6.45) is 1.73. The molecule has 2 amide bonds. The molecule has 28 heavy (non-hydrogen) atoms. The first-order chi connectivity index (χ1) is 13.6. The molecule has 1 aliphatic rings. The summed E-state index contributed by atoms with van der Waals surface area (Å²) in [5, 5.41) is 9.14. The maximum absolute atomic E-state index is 13.3. The van der Waals surface area contributed by atoms with Crippen LogP contribution in [-0.4, -0.2) is 11.8 Å². The molecule has 0 fully saturated rings. The van der Waals surface area contributed by atoms with Crippen LogP contribution in [0.5, 0.6) is 0 Å². The molecule has 4 nitrogen and oxygen atoms in total. The number of hydrogen-bond acceptors (Lipinski definition) is 3. The van der Waals surface area contributed by atoms with Crippen molar-refractivity contribution in [2.24, 2.45) is 0 Å². The first kappa shape index (κ1) is 17.4. The number of nitriles is 1. The van der Waals surface area contributed by atoms with Gasteiger partial charge in [0, 0.05) is 11.1 Å². The second-order valence-electron chi connectivity index (χ2n) is 6.63. The zero-order valence-electron chi connectivity index (χ0n) is 15.2. The van der Waals surface area contributed by atoms with E-state index in [0.29, 0.717) is 28.0 Å². The summed E-state index contributed by atoms with van der Waals surface area (Å²) < 4.78 is 0. The SMILES string of the molecule is Cc1cccc(N2C(=O)/C(=C\c3cccc(C#N)c3)c3ccccc3C2=O)c1. The van der Waals surface area contributed by atoms with E-state index in [-0.39, 0.29) is 11.8 Å².